The molecule has 0 saturated carbocycles. The molecule has 9 heteroatoms. The standard InChI is InChI=1S/C17H18BrClN2O4S/c1-11-3-4-12(9-16(11)19)21-17(22)14-10-13(5-6-15(14)18)26(23,24)20-7-8-25-2/h3-6,9-10,20H,7-8H2,1-2H3,(H,21,22). The molecule has 6 nitrogen and oxygen atoms in total. The number of benzene rings is 2. The van der Waals surface area contributed by atoms with Crippen LogP contribution < -0.4 is 10.0 Å². The number of hydrogen-bond donors (Lipinski definition) is 2. The van der Waals surface area contributed by atoms with E-state index >= 15 is 0 Å². The van der Waals surface area contributed by atoms with Gasteiger partial charge in [0.05, 0.1) is 17.1 Å². The zero-order chi connectivity index (χ0) is 19.3. The third-order valence-electron chi connectivity index (χ3n) is 3.52. The number of rotatable bonds is 7. The molecule has 140 valence electrons. The Hall–Kier alpha value is -1.45. The average Bonchev–Trinajstić information content (AvgIpc) is 2.58. The highest BCUT2D eigenvalue weighted by Gasteiger charge is 2.18. The number of nitrogens with one attached hydrogen (secondary N) is 2. The van der Waals surface area contributed by atoms with Crippen LogP contribution in [0.5, 0.6) is 0 Å². The highest BCUT2D eigenvalue weighted by molar-refractivity contribution is 9.10. The van der Waals surface area contributed by atoms with Gasteiger partial charge in [-0.2, -0.15) is 0 Å². The highest BCUT2D eigenvalue weighted by Crippen LogP contribution is 2.24. The summed E-state index contributed by atoms with van der Waals surface area (Å²) in [7, 11) is -2.26. The van der Waals surface area contributed by atoms with Gasteiger partial charge in [-0.1, -0.05) is 17.7 Å². The minimum atomic E-state index is -3.74. The lowest BCUT2D eigenvalue weighted by Crippen LogP contribution is -2.27. The Labute approximate surface area is 166 Å². The Morgan fingerprint density at radius 2 is 1.96 bits per heavy atom. The molecular weight excluding hydrogens is 444 g/mol. The smallest absolute Gasteiger partial charge is 0.256 e. The van der Waals surface area contributed by atoms with Crippen LogP contribution >= 0.6 is 27.5 Å². The molecule has 1 amide bonds. The molecular formula is C17H18BrClN2O4S. The molecule has 0 fully saturated rings. The monoisotopic (exact) mass is 460 g/mol. The van der Waals surface area contributed by atoms with Crippen molar-refractivity contribution in [2.75, 3.05) is 25.6 Å². The van der Waals surface area contributed by atoms with E-state index < -0.39 is 15.9 Å². The van der Waals surface area contributed by atoms with Crippen LogP contribution in [0.3, 0.4) is 0 Å². The van der Waals surface area contributed by atoms with Gasteiger partial charge in [0, 0.05) is 28.8 Å². The van der Waals surface area contributed by atoms with Crippen molar-refractivity contribution in [3.05, 3.63) is 57.0 Å². The first-order valence-electron chi connectivity index (χ1n) is 7.60. The van der Waals surface area contributed by atoms with E-state index in [1.54, 1.807) is 18.2 Å². The fourth-order valence-electron chi connectivity index (χ4n) is 2.08. The molecule has 0 spiro atoms. The summed E-state index contributed by atoms with van der Waals surface area (Å²) in [5.74, 6) is -0.453. The molecule has 0 unspecified atom stereocenters. The summed E-state index contributed by atoms with van der Waals surface area (Å²) >= 11 is 9.34. The number of amides is 1. The zero-order valence-electron chi connectivity index (χ0n) is 14.2. The maximum Gasteiger partial charge on any atom is 0.256 e. The van der Waals surface area contributed by atoms with Gasteiger partial charge in [-0.25, -0.2) is 13.1 Å². The van der Waals surface area contributed by atoms with Gasteiger partial charge in [-0.15, -0.1) is 0 Å². The van der Waals surface area contributed by atoms with E-state index in [4.69, 9.17) is 16.3 Å². The second-order valence-electron chi connectivity index (χ2n) is 5.45. The number of methoxy groups -OCH3 is 1. The molecule has 0 aromatic heterocycles. The fraction of sp³-hybridized carbons (Fsp3) is 0.235. The summed E-state index contributed by atoms with van der Waals surface area (Å²) in [5, 5.41) is 3.24. The van der Waals surface area contributed by atoms with Gasteiger partial charge in [0.15, 0.2) is 0 Å². The lowest BCUT2D eigenvalue weighted by Gasteiger charge is -2.11. The summed E-state index contributed by atoms with van der Waals surface area (Å²) in [6.07, 6.45) is 0. The van der Waals surface area contributed by atoms with Crippen LogP contribution in [0.15, 0.2) is 45.8 Å². The third-order valence-corrected chi connectivity index (χ3v) is 6.08. The van der Waals surface area contributed by atoms with E-state index in [-0.39, 0.29) is 23.6 Å². The van der Waals surface area contributed by atoms with Crippen LogP contribution in [-0.2, 0) is 14.8 Å². The minimum absolute atomic E-state index is 0.0103. The van der Waals surface area contributed by atoms with Gasteiger partial charge in [0.1, 0.15) is 0 Å². The van der Waals surface area contributed by atoms with Crippen LogP contribution in [0.1, 0.15) is 15.9 Å². The van der Waals surface area contributed by atoms with Gasteiger partial charge < -0.3 is 10.1 Å². The zero-order valence-corrected chi connectivity index (χ0v) is 17.3. The Balaban J connectivity index is 2.25. The van der Waals surface area contributed by atoms with Crippen molar-refractivity contribution in [3.63, 3.8) is 0 Å². The van der Waals surface area contributed by atoms with E-state index in [1.807, 2.05) is 6.92 Å². The molecule has 26 heavy (non-hydrogen) atoms. The quantitative estimate of drug-likeness (QED) is 0.617. The second-order valence-corrected chi connectivity index (χ2v) is 8.48. The van der Waals surface area contributed by atoms with E-state index in [0.717, 1.165) is 5.56 Å². The van der Waals surface area contributed by atoms with Crippen molar-refractivity contribution >= 4 is 49.1 Å². The molecule has 0 heterocycles. The molecule has 2 aromatic carbocycles. The first kappa shape index (κ1) is 20.9. The lowest BCUT2D eigenvalue weighted by atomic mass is 10.2. The number of ether oxygens (including phenoxy) is 1. The Kier molecular flexibility index (Phi) is 7.19. The van der Waals surface area contributed by atoms with Crippen LogP contribution in [-0.4, -0.2) is 34.6 Å². The molecule has 0 aliphatic rings. The predicted molar refractivity (Wildman–Crippen MR) is 105 cm³/mol. The van der Waals surface area contributed by atoms with Crippen LogP contribution in [0.2, 0.25) is 5.02 Å². The molecule has 2 rings (SSSR count). The second kappa shape index (κ2) is 8.96. The Morgan fingerprint density at radius 1 is 1.23 bits per heavy atom. The average molecular weight is 462 g/mol. The van der Waals surface area contributed by atoms with Crippen molar-refractivity contribution in [3.8, 4) is 0 Å². The number of hydrogen-bond acceptors (Lipinski definition) is 4. The summed E-state index contributed by atoms with van der Waals surface area (Å²) in [4.78, 5) is 12.5. The molecule has 0 atom stereocenters. The number of carbonyl (C=O) groups is 1. The lowest BCUT2D eigenvalue weighted by molar-refractivity contribution is 0.102. The number of halogens is 2. The van der Waals surface area contributed by atoms with Gasteiger partial charge >= 0.3 is 0 Å². The summed E-state index contributed by atoms with van der Waals surface area (Å²) in [6, 6.07) is 9.38. The van der Waals surface area contributed by atoms with Crippen molar-refractivity contribution in [1.82, 2.24) is 4.72 Å². The van der Waals surface area contributed by atoms with Crippen molar-refractivity contribution in [2.24, 2.45) is 0 Å². The molecule has 2 aromatic rings. The first-order valence-corrected chi connectivity index (χ1v) is 10.3. The highest BCUT2D eigenvalue weighted by atomic mass is 79.9. The van der Waals surface area contributed by atoms with Crippen molar-refractivity contribution < 1.29 is 17.9 Å². The maximum atomic E-state index is 12.6. The Morgan fingerprint density at radius 3 is 2.62 bits per heavy atom. The predicted octanol–water partition coefficient (Wildman–Crippen LogP) is 3.59. The minimum Gasteiger partial charge on any atom is -0.383 e. The molecule has 2 N–H and O–H groups in total. The van der Waals surface area contributed by atoms with E-state index in [0.29, 0.717) is 15.2 Å². The van der Waals surface area contributed by atoms with Crippen LogP contribution in [0.25, 0.3) is 0 Å². The SMILES string of the molecule is COCCNS(=O)(=O)c1ccc(Br)c(C(=O)Nc2ccc(C)c(Cl)c2)c1. The molecule has 0 bridgehead atoms. The van der Waals surface area contributed by atoms with Gasteiger partial charge in [0.2, 0.25) is 10.0 Å². The topological polar surface area (TPSA) is 84.5 Å². The van der Waals surface area contributed by atoms with Gasteiger partial charge in [-0.05, 0) is 58.7 Å². The molecule has 0 aliphatic heterocycles. The van der Waals surface area contributed by atoms with Crippen molar-refractivity contribution in [2.45, 2.75) is 11.8 Å². The largest absolute Gasteiger partial charge is 0.383 e. The normalized spacial score (nSPS) is 11.4. The number of carbonyl (C=O) groups excluding carboxylic acids is 1. The molecule has 0 saturated heterocycles. The maximum absolute atomic E-state index is 12.6. The molecule has 0 aliphatic carbocycles. The van der Waals surface area contributed by atoms with Crippen molar-refractivity contribution in [1.29, 1.82) is 0 Å². The fourth-order valence-corrected chi connectivity index (χ4v) is 3.72. The molecule has 0 radical (unpaired) electrons. The van der Waals surface area contributed by atoms with Crippen LogP contribution in [0.4, 0.5) is 5.69 Å². The summed E-state index contributed by atoms with van der Waals surface area (Å²) in [6.45, 7) is 2.24. The summed E-state index contributed by atoms with van der Waals surface area (Å²) < 4.78 is 32.3. The van der Waals surface area contributed by atoms with E-state index in [9.17, 15) is 13.2 Å². The number of anilines is 1. The van der Waals surface area contributed by atoms with Gasteiger partial charge in [0.25, 0.3) is 5.91 Å². The van der Waals surface area contributed by atoms with E-state index in [1.165, 1.54) is 25.3 Å². The van der Waals surface area contributed by atoms with E-state index in [2.05, 4.69) is 26.0 Å². The Bertz CT molecular complexity index is 919. The number of sulfonamides is 1. The number of aryl methyl sites for hydroxylation is 1. The first-order chi connectivity index (χ1) is 12.2. The third kappa shape index (κ3) is 5.28. The van der Waals surface area contributed by atoms with Gasteiger partial charge in [-0.3, -0.25) is 4.79 Å². The summed E-state index contributed by atoms with van der Waals surface area (Å²) in [5.41, 5.74) is 1.60. The van der Waals surface area contributed by atoms with Crippen LogP contribution in [0, 0.1) is 6.92 Å².